The molecule has 3 rings (SSSR count). The van der Waals surface area contributed by atoms with Crippen molar-refractivity contribution in [2.45, 2.75) is 23.8 Å². The van der Waals surface area contributed by atoms with Crippen molar-refractivity contribution >= 4 is 33.6 Å². The summed E-state index contributed by atoms with van der Waals surface area (Å²) >= 11 is 4.75. The van der Waals surface area contributed by atoms with Gasteiger partial charge in [0.05, 0.1) is 16.8 Å². The lowest BCUT2D eigenvalue weighted by molar-refractivity contribution is 0.615. The Balaban J connectivity index is 2.05. The van der Waals surface area contributed by atoms with Crippen LogP contribution < -0.4 is 9.62 Å². The molecular formula is C10H10BrFN2S. The molecule has 15 heavy (non-hydrogen) atoms. The minimum Gasteiger partial charge on any atom is -0.354 e. The molecule has 1 aliphatic heterocycles. The quantitative estimate of drug-likeness (QED) is 0.800. The number of nitrogens with zero attached hydrogens (tertiary/aromatic N) is 1. The molecule has 1 aromatic carbocycles. The summed E-state index contributed by atoms with van der Waals surface area (Å²) in [5.74, 6) is -0.194. The summed E-state index contributed by atoms with van der Waals surface area (Å²) in [6.45, 7) is 0.848. The summed E-state index contributed by atoms with van der Waals surface area (Å²) in [6, 6.07) is 4.12. The lowest BCUT2D eigenvalue weighted by Gasteiger charge is -2.31. The van der Waals surface area contributed by atoms with Gasteiger partial charge in [-0.15, -0.1) is 0 Å². The Bertz CT molecular complexity index is 409. The topological polar surface area (TPSA) is 15.3 Å². The van der Waals surface area contributed by atoms with Gasteiger partial charge in [0.25, 0.3) is 0 Å². The van der Waals surface area contributed by atoms with Crippen molar-refractivity contribution in [1.29, 1.82) is 0 Å². The van der Waals surface area contributed by atoms with E-state index >= 15 is 0 Å². The average molecular weight is 289 g/mol. The van der Waals surface area contributed by atoms with Crippen LogP contribution in [-0.2, 0) is 0 Å². The van der Waals surface area contributed by atoms with Crippen molar-refractivity contribution < 1.29 is 4.39 Å². The van der Waals surface area contributed by atoms with Crippen molar-refractivity contribution in [2.24, 2.45) is 0 Å². The highest BCUT2D eigenvalue weighted by Crippen LogP contribution is 2.41. The summed E-state index contributed by atoms with van der Waals surface area (Å²) in [5, 5.41) is 0. The Morgan fingerprint density at radius 3 is 3.00 bits per heavy atom. The normalized spacial score (nSPS) is 20.3. The third kappa shape index (κ3) is 1.77. The monoisotopic (exact) mass is 288 g/mol. The Kier molecular flexibility index (Phi) is 2.41. The molecule has 2 nitrogen and oxygen atoms in total. The van der Waals surface area contributed by atoms with Crippen LogP contribution in [0.5, 0.6) is 0 Å². The summed E-state index contributed by atoms with van der Waals surface area (Å²) in [4.78, 5) is 3.30. The number of hydrogen-bond donors (Lipinski definition) is 1. The smallest absolute Gasteiger partial charge is 0.138 e. The van der Waals surface area contributed by atoms with Crippen LogP contribution in [0.25, 0.3) is 0 Å². The van der Waals surface area contributed by atoms with Gasteiger partial charge in [0.2, 0.25) is 0 Å². The number of halogens is 2. The van der Waals surface area contributed by atoms with E-state index in [-0.39, 0.29) is 5.82 Å². The van der Waals surface area contributed by atoms with Gasteiger partial charge in [0.15, 0.2) is 0 Å². The minimum absolute atomic E-state index is 0.194. The van der Waals surface area contributed by atoms with E-state index in [2.05, 4.69) is 25.6 Å². The molecular weight excluding hydrogens is 279 g/mol. The van der Waals surface area contributed by atoms with Crippen molar-refractivity contribution in [3.05, 3.63) is 22.4 Å². The van der Waals surface area contributed by atoms with E-state index in [0.29, 0.717) is 10.5 Å². The van der Waals surface area contributed by atoms with Crippen molar-refractivity contribution in [2.75, 3.05) is 11.6 Å². The van der Waals surface area contributed by atoms with Crippen molar-refractivity contribution in [1.82, 2.24) is 4.72 Å². The first-order valence-electron chi connectivity index (χ1n) is 4.91. The van der Waals surface area contributed by atoms with Gasteiger partial charge >= 0.3 is 0 Å². The van der Waals surface area contributed by atoms with Crippen molar-refractivity contribution in [3.8, 4) is 0 Å². The molecule has 80 valence electrons. The van der Waals surface area contributed by atoms with Gasteiger partial charge in [-0.05, 0) is 52.9 Å². The highest BCUT2D eigenvalue weighted by molar-refractivity contribution is 9.10. The SMILES string of the molecule is Fc1cc2c(cc1Br)N(C1CC1)CNS2. The maximum Gasteiger partial charge on any atom is 0.138 e. The van der Waals surface area contributed by atoms with Crippen LogP contribution in [0.15, 0.2) is 21.5 Å². The third-order valence-corrected chi connectivity index (χ3v) is 4.14. The molecule has 1 aromatic rings. The molecule has 0 radical (unpaired) electrons. The Morgan fingerprint density at radius 1 is 1.47 bits per heavy atom. The minimum atomic E-state index is -0.194. The molecule has 1 fully saturated rings. The summed E-state index contributed by atoms with van der Waals surface area (Å²) in [6.07, 6.45) is 2.50. The highest BCUT2D eigenvalue weighted by Gasteiger charge is 2.32. The first-order valence-corrected chi connectivity index (χ1v) is 6.52. The number of nitrogens with one attached hydrogen (secondary N) is 1. The number of benzene rings is 1. The van der Waals surface area contributed by atoms with E-state index < -0.39 is 0 Å². The second-order valence-corrected chi connectivity index (χ2v) is 5.63. The van der Waals surface area contributed by atoms with Gasteiger partial charge in [-0.3, -0.25) is 0 Å². The van der Waals surface area contributed by atoms with E-state index in [0.717, 1.165) is 17.3 Å². The summed E-state index contributed by atoms with van der Waals surface area (Å²) in [7, 11) is 0. The Morgan fingerprint density at radius 2 is 2.27 bits per heavy atom. The van der Waals surface area contributed by atoms with Crippen LogP contribution in [0.4, 0.5) is 10.1 Å². The molecule has 5 heteroatoms. The molecule has 1 saturated carbocycles. The number of anilines is 1. The molecule has 0 atom stereocenters. The van der Waals surface area contributed by atoms with Gasteiger partial charge in [-0.25, -0.2) is 9.11 Å². The van der Waals surface area contributed by atoms with Crippen molar-refractivity contribution in [3.63, 3.8) is 0 Å². The zero-order valence-electron chi connectivity index (χ0n) is 7.96. The van der Waals surface area contributed by atoms with E-state index in [1.807, 2.05) is 6.07 Å². The van der Waals surface area contributed by atoms with E-state index in [9.17, 15) is 4.39 Å². The van der Waals surface area contributed by atoms with Crippen LogP contribution in [0.3, 0.4) is 0 Å². The van der Waals surface area contributed by atoms with Gasteiger partial charge in [0, 0.05) is 10.9 Å². The summed E-state index contributed by atoms with van der Waals surface area (Å²) in [5.41, 5.74) is 1.15. The first kappa shape index (κ1) is 9.93. The van der Waals surface area contributed by atoms with Crippen LogP contribution in [-0.4, -0.2) is 12.7 Å². The lowest BCUT2D eigenvalue weighted by atomic mass is 10.2. The molecule has 1 heterocycles. The zero-order valence-corrected chi connectivity index (χ0v) is 10.4. The molecule has 0 bridgehead atoms. The van der Waals surface area contributed by atoms with E-state index in [4.69, 9.17) is 0 Å². The first-order chi connectivity index (χ1) is 7.25. The highest BCUT2D eigenvalue weighted by atomic mass is 79.9. The fraction of sp³-hybridized carbons (Fsp3) is 0.400. The van der Waals surface area contributed by atoms with Crippen LogP contribution >= 0.6 is 27.9 Å². The van der Waals surface area contributed by atoms with E-state index in [1.165, 1.54) is 24.8 Å². The van der Waals surface area contributed by atoms with Crippen LogP contribution in [0.1, 0.15) is 12.8 Å². The predicted octanol–water partition coefficient (Wildman–Crippen LogP) is 3.12. The molecule has 2 aliphatic rings. The molecule has 1 N–H and O–H groups in total. The zero-order chi connectivity index (χ0) is 10.4. The van der Waals surface area contributed by atoms with Crippen LogP contribution in [0.2, 0.25) is 0 Å². The second kappa shape index (κ2) is 3.64. The van der Waals surface area contributed by atoms with Gasteiger partial charge in [-0.2, -0.15) is 0 Å². The van der Waals surface area contributed by atoms with Gasteiger partial charge in [-0.1, -0.05) is 0 Å². The standard InChI is InChI=1S/C10H10BrFN2S/c11-7-3-9-10(4-8(7)12)15-13-5-14(9)6-1-2-6/h3-4,6,13H,1-2,5H2. The Hall–Kier alpha value is -0.260. The largest absolute Gasteiger partial charge is 0.354 e. The molecule has 0 aromatic heterocycles. The second-order valence-electron chi connectivity index (χ2n) is 3.84. The molecule has 1 aliphatic carbocycles. The van der Waals surface area contributed by atoms with Crippen LogP contribution in [0, 0.1) is 5.82 Å². The van der Waals surface area contributed by atoms with Gasteiger partial charge in [0.1, 0.15) is 5.82 Å². The maximum absolute atomic E-state index is 13.3. The van der Waals surface area contributed by atoms with Gasteiger partial charge < -0.3 is 4.90 Å². The lowest BCUT2D eigenvalue weighted by Crippen LogP contribution is -2.36. The Labute approximate surface area is 100 Å². The molecule has 0 spiro atoms. The number of rotatable bonds is 1. The number of hydrogen-bond acceptors (Lipinski definition) is 3. The van der Waals surface area contributed by atoms with E-state index in [1.54, 1.807) is 6.07 Å². The number of fused-ring (bicyclic) bond motifs is 1. The molecule has 0 saturated heterocycles. The fourth-order valence-corrected chi connectivity index (χ4v) is 2.93. The molecule has 0 amide bonds. The predicted molar refractivity (Wildman–Crippen MR) is 63.5 cm³/mol. The maximum atomic E-state index is 13.3. The fourth-order valence-electron chi connectivity index (χ4n) is 1.80. The molecule has 0 unspecified atom stereocenters. The third-order valence-electron chi connectivity index (χ3n) is 2.72. The average Bonchev–Trinajstić information content (AvgIpc) is 3.02. The summed E-state index contributed by atoms with van der Waals surface area (Å²) < 4.78 is 17.1.